The van der Waals surface area contributed by atoms with Crippen LogP contribution in [0.5, 0.6) is 0 Å². The molecule has 0 radical (unpaired) electrons. The highest BCUT2D eigenvalue weighted by Gasteiger charge is 2.36. The maximum atomic E-state index is 13.1. The zero-order chi connectivity index (χ0) is 15.6. The Bertz CT molecular complexity index is 615. The summed E-state index contributed by atoms with van der Waals surface area (Å²) in [4.78, 5) is 1.79. The lowest BCUT2D eigenvalue weighted by Crippen LogP contribution is -2.32. The molecule has 2 heterocycles. The molecule has 3 rings (SSSR count). The monoisotopic (exact) mass is 328 g/mol. The molecule has 1 aliphatic rings. The minimum atomic E-state index is -4.33. The fourth-order valence-electron chi connectivity index (χ4n) is 2.64. The molecule has 22 heavy (non-hydrogen) atoms. The number of aromatic nitrogens is 2. The summed E-state index contributed by atoms with van der Waals surface area (Å²) < 4.78 is 43.0. The summed E-state index contributed by atoms with van der Waals surface area (Å²) in [5, 5.41) is 9.13. The summed E-state index contributed by atoms with van der Waals surface area (Å²) in [7, 11) is 0. The van der Waals surface area contributed by atoms with Gasteiger partial charge in [0.05, 0.1) is 11.3 Å². The zero-order valence-electron chi connectivity index (χ0n) is 11.7. The predicted octanol–water partition coefficient (Wildman–Crippen LogP) is 2.93. The molecule has 2 aromatic rings. The number of alkyl halides is 3. The number of nitrogens with one attached hydrogen (secondary N) is 1. The largest absolute Gasteiger partial charge is 0.418 e. The zero-order valence-corrected chi connectivity index (χ0v) is 12.5. The van der Waals surface area contributed by atoms with E-state index in [1.54, 1.807) is 11.0 Å². The van der Waals surface area contributed by atoms with Gasteiger partial charge in [-0.05, 0) is 30.1 Å². The van der Waals surface area contributed by atoms with Gasteiger partial charge in [0, 0.05) is 36.7 Å². The molecule has 0 spiro atoms. The molecular weight excluding hydrogens is 313 g/mol. The van der Waals surface area contributed by atoms with Crippen molar-refractivity contribution in [2.75, 3.05) is 18.0 Å². The average molecular weight is 328 g/mol. The maximum Gasteiger partial charge on any atom is 0.418 e. The van der Waals surface area contributed by atoms with Crippen LogP contribution in [-0.2, 0) is 12.7 Å². The van der Waals surface area contributed by atoms with Crippen LogP contribution in [0.25, 0.3) is 0 Å². The van der Waals surface area contributed by atoms with Crippen LogP contribution in [0, 0.1) is 0 Å². The van der Waals surface area contributed by atoms with Gasteiger partial charge in [-0.2, -0.15) is 13.2 Å². The van der Waals surface area contributed by atoms with Crippen molar-refractivity contribution < 1.29 is 13.2 Å². The van der Waals surface area contributed by atoms with Crippen molar-refractivity contribution in [3.05, 3.63) is 40.9 Å². The minimum Gasteiger partial charge on any atom is -0.369 e. The SMILES string of the molecule is FC(F)(F)c1ccccc1N1CC[C@H](NCc2csnn2)C1. The van der Waals surface area contributed by atoms with E-state index in [1.165, 1.54) is 23.7 Å². The molecule has 118 valence electrons. The highest BCUT2D eigenvalue weighted by Crippen LogP contribution is 2.37. The molecule has 4 nitrogen and oxygen atoms in total. The number of benzene rings is 1. The van der Waals surface area contributed by atoms with E-state index in [1.807, 2.05) is 5.38 Å². The number of rotatable bonds is 4. The molecule has 1 fully saturated rings. The maximum absolute atomic E-state index is 13.1. The van der Waals surface area contributed by atoms with Gasteiger partial charge in [-0.1, -0.05) is 16.6 Å². The lowest BCUT2D eigenvalue weighted by atomic mass is 10.1. The third kappa shape index (κ3) is 3.38. The highest BCUT2D eigenvalue weighted by atomic mass is 32.1. The van der Waals surface area contributed by atoms with Crippen molar-refractivity contribution in [2.24, 2.45) is 0 Å². The van der Waals surface area contributed by atoms with Gasteiger partial charge in [-0.15, -0.1) is 5.10 Å². The third-order valence-electron chi connectivity index (χ3n) is 3.72. The van der Waals surface area contributed by atoms with E-state index in [9.17, 15) is 13.2 Å². The first-order valence-electron chi connectivity index (χ1n) is 6.94. The van der Waals surface area contributed by atoms with E-state index in [0.717, 1.165) is 18.2 Å². The highest BCUT2D eigenvalue weighted by molar-refractivity contribution is 7.03. The summed E-state index contributed by atoms with van der Waals surface area (Å²) in [6.07, 6.45) is -3.52. The summed E-state index contributed by atoms with van der Waals surface area (Å²) in [6, 6.07) is 5.90. The Hall–Kier alpha value is -1.67. The van der Waals surface area contributed by atoms with E-state index in [-0.39, 0.29) is 11.7 Å². The third-order valence-corrected chi connectivity index (χ3v) is 4.27. The van der Waals surface area contributed by atoms with Crippen LogP contribution in [0.4, 0.5) is 18.9 Å². The Labute approximate surface area is 130 Å². The summed E-state index contributed by atoms with van der Waals surface area (Å²) >= 11 is 1.29. The second-order valence-corrected chi connectivity index (χ2v) is 5.83. The number of hydrogen-bond acceptors (Lipinski definition) is 5. The topological polar surface area (TPSA) is 41.0 Å². The van der Waals surface area contributed by atoms with Crippen LogP contribution < -0.4 is 10.2 Å². The quantitative estimate of drug-likeness (QED) is 0.937. The number of anilines is 1. The first kappa shape index (κ1) is 15.2. The van der Waals surface area contributed by atoms with Gasteiger partial charge in [-0.3, -0.25) is 0 Å². The molecular formula is C14H15F3N4S. The van der Waals surface area contributed by atoms with Crippen molar-refractivity contribution >= 4 is 17.2 Å². The van der Waals surface area contributed by atoms with Crippen LogP contribution >= 0.6 is 11.5 Å². The Morgan fingerprint density at radius 2 is 2.14 bits per heavy atom. The molecule has 1 aliphatic heterocycles. The Morgan fingerprint density at radius 1 is 1.32 bits per heavy atom. The molecule has 8 heteroatoms. The minimum absolute atomic E-state index is 0.156. The molecule has 1 N–H and O–H groups in total. The number of para-hydroxylation sites is 1. The van der Waals surface area contributed by atoms with E-state index in [2.05, 4.69) is 14.9 Å². The van der Waals surface area contributed by atoms with E-state index in [4.69, 9.17) is 0 Å². The average Bonchev–Trinajstić information content (AvgIpc) is 3.16. The van der Waals surface area contributed by atoms with Gasteiger partial charge >= 0.3 is 6.18 Å². The lowest BCUT2D eigenvalue weighted by molar-refractivity contribution is -0.137. The fourth-order valence-corrected chi connectivity index (χ4v) is 3.10. The fraction of sp³-hybridized carbons (Fsp3) is 0.429. The Morgan fingerprint density at radius 3 is 2.86 bits per heavy atom. The van der Waals surface area contributed by atoms with Crippen LogP contribution in [0.15, 0.2) is 29.6 Å². The van der Waals surface area contributed by atoms with Crippen molar-refractivity contribution in [1.29, 1.82) is 0 Å². The predicted molar refractivity (Wildman–Crippen MR) is 78.8 cm³/mol. The first-order chi connectivity index (χ1) is 10.5. The van der Waals surface area contributed by atoms with Gasteiger partial charge in [0.25, 0.3) is 0 Å². The van der Waals surface area contributed by atoms with Crippen LogP contribution in [-0.4, -0.2) is 28.7 Å². The second kappa shape index (κ2) is 6.21. The number of halogens is 3. The summed E-state index contributed by atoms with van der Waals surface area (Å²) in [6.45, 7) is 1.76. The van der Waals surface area contributed by atoms with Crippen molar-refractivity contribution in [2.45, 2.75) is 25.2 Å². The van der Waals surface area contributed by atoms with Gasteiger partial charge in [0.1, 0.15) is 0 Å². The normalized spacial score (nSPS) is 18.9. The van der Waals surface area contributed by atoms with Crippen LogP contribution in [0.1, 0.15) is 17.7 Å². The molecule has 1 saturated heterocycles. The Kier molecular flexibility index (Phi) is 4.30. The van der Waals surface area contributed by atoms with Crippen molar-refractivity contribution in [1.82, 2.24) is 14.9 Å². The van der Waals surface area contributed by atoms with E-state index >= 15 is 0 Å². The summed E-state index contributed by atoms with van der Waals surface area (Å²) in [5.74, 6) is 0. The second-order valence-electron chi connectivity index (χ2n) is 5.22. The molecule has 1 aromatic heterocycles. The van der Waals surface area contributed by atoms with Gasteiger partial charge in [0.2, 0.25) is 0 Å². The molecule has 1 atom stereocenters. The molecule has 0 amide bonds. The van der Waals surface area contributed by atoms with Gasteiger partial charge < -0.3 is 10.2 Å². The number of hydrogen-bond donors (Lipinski definition) is 1. The molecule has 0 bridgehead atoms. The van der Waals surface area contributed by atoms with E-state index < -0.39 is 11.7 Å². The first-order valence-corrected chi connectivity index (χ1v) is 7.78. The molecule has 1 aromatic carbocycles. The van der Waals surface area contributed by atoms with Crippen molar-refractivity contribution in [3.63, 3.8) is 0 Å². The van der Waals surface area contributed by atoms with E-state index in [0.29, 0.717) is 19.6 Å². The Balaban J connectivity index is 1.65. The summed E-state index contributed by atoms with van der Waals surface area (Å²) in [5.41, 5.74) is 0.549. The van der Waals surface area contributed by atoms with Crippen LogP contribution in [0.2, 0.25) is 0 Å². The van der Waals surface area contributed by atoms with Crippen molar-refractivity contribution in [3.8, 4) is 0 Å². The smallest absolute Gasteiger partial charge is 0.369 e. The lowest BCUT2D eigenvalue weighted by Gasteiger charge is -2.23. The van der Waals surface area contributed by atoms with Crippen LogP contribution in [0.3, 0.4) is 0 Å². The molecule has 0 unspecified atom stereocenters. The van der Waals surface area contributed by atoms with Gasteiger partial charge in [0.15, 0.2) is 0 Å². The molecule has 0 aliphatic carbocycles. The standard InChI is InChI=1S/C14H15F3N4S/c15-14(16,17)12-3-1-2-4-13(12)21-6-5-10(8-21)18-7-11-9-22-20-19-11/h1-4,9-10,18H,5-8H2/t10-/m0/s1. The number of nitrogens with zero attached hydrogens (tertiary/aromatic N) is 3. The van der Waals surface area contributed by atoms with Gasteiger partial charge in [-0.25, -0.2) is 0 Å². The molecule has 0 saturated carbocycles.